The van der Waals surface area contributed by atoms with E-state index in [0.29, 0.717) is 18.9 Å². The van der Waals surface area contributed by atoms with Crippen LogP contribution < -0.4 is 5.73 Å². The summed E-state index contributed by atoms with van der Waals surface area (Å²) in [5, 5.41) is 12.2. The largest absolute Gasteiger partial charge is 0.409 e. The number of rotatable bonds is 4. The van der Waals surface area contributed by atoms with Crippen molar-refractivity contribution in [1.82, 2.24) is 9.80 Å². The van der Waals surface area contributed by atoms with Crippen LogP contribution in [0.5, 0.6) is 0 Å². The average molecular weight is 296 g/mol. The van der Waals surface area contributed by atoms with Crippen LogP contribution >= 0.6 is 0 Å². The summed E-state index contributed by atoms with van der Waals surface area (Å²) in [6, 6.07) is 0.562. The Kier molecular flexibility index (Phi) is 5.08. The Bertz CT molecular complexity index is 396. The minimum atomic E-state index is -0.757. The Labute approximate surface area is 127 Å². The number of amidine groups is 1. The molecule has 3 N–H and O–H groups in total. The third-order valence-corrected chi connectivity index (χ3v) is 5.28. The summed E-state index contributed by atoms with van der Waals surface area (Å²) in [5.41, 5.74) is 5.10. The Morgan fingerprint density at radius 3 is 2.33 bits per heavy atom. The van der Waals surface area contributed by atoms with E-state index in [4.69, 9.17) is 10.9 Å². The van der Waals surface area contributed by atoms with E-state index in [-0.39, 0.29) is 11.7 Å². The van der Waals surface area contributed by atoms with Gasteiger partial charge in [0, 0.05) is 32.2 Å². The number of hydrogen-bond donors (Lipinski definition) is 2. The Morgan fingerprint density at radius 2 is 1.86 bits per heavy atom. The lowest BCUT2D eigenvalue weighted by molar-refractivity contribution is -0.140. The van der Waals surface area contributed by atoms with E-state index in [0.717, 1.165) is 45.4 Å². The molecule has 6 nitrogen and oxygen atoms in total. The summed E-state index contributed by atoms with van der Waals surface area (Å²) >= 11 is 0. The van der Waals surface area contributed by atoms with Crippen molar-refractivity contribution in [3.05, 3.63) is 0 Å². The zero-order valence-corrected chi connectivity index (χ0v) is 13.2. The van der Waals surface area contributed by atoms with Crippen LogP contribution in [0.2, 0.25) is 0 Å². The third kappa shape index (κ3) is 3.00. The molecule has 0 spiro atoms. The first-order valence-electron chi connectivity index (χ1n) is 8.06. The molecule has 0 aromatic carbocycles. The zero-order valence-electron chi connectivity index (χ0n) is 13.2. The highest BCUT2D eigenvalue weighted by Crippen LogP contribution is 2.40. The number of oxime groups is 1. The van der Waals surface area contributed by atoms with Crippen LogP contribution in [0.25, 0.3) is 0 Å². The fraction of sp³-hybridized carbons (Fsp3) is 0.867. The van der Waals surface area contributed by atoms with Crippen LogP contribution in [0.1, 0.15) is 46.0 Å². The molecule has 6 heteroatoms. The fourth-order valence-corrected chi connectivity index (χ4v) is 3.58. The smallest absolute Gasteiger partial charge is 0.236 e. The molecule has 0 bridgehead atoms. The van der Waals surface area contributed by atoms with Crippen LogP contribution in [-0.4, -0.2) is 59.0 Å². The maximum atomic E-state index is 12.9. The topological polar surface area (TPSA) is 82.2 Å². The predicted octanol–water partition coefficient (Wildman–Crippen LogP) is 1.24. The summed E-state index contributed by atoms with van der Waals surface area (Å²) in [4.78, 5) is 17.2. The average Bonchev–Trinajstić information content (AvgIpc) is 3.03. The van der Waals surface area contributed by atoms with E-state index in [9.17, 15) is 4.79 Å². The number of carbonyl (C=O) groups excluding carboxylic acids is 1. The van der Waals surface area contributed by atoms with Gasteiger partial charge in [-0.1, -0.05) is 24.9 Å². The van der Waals surface area contributed by atoms with Gasteiger partial charge in [-0.2, -0.15) is 0 Å². The highest BCUT2D eigenvalue weighted by Gasteiger charge is 2.47. The van der Waals surface area contributed by atoms with Gasteiger partial charge in [0.05, 0.1) is 0 Å². The van der Waals surface area contributed by atoms with Gasteiger partial charge in [0.2, 0.25) is 5.91 Å². The molecule has 2 aliphatic rings. The van der Waals surface area contributed by atoms with E-state index < -0.39 is 5.41 Å². The Hall–Kier alpha value is -1.30. The highest BCUT2D eigenvalue weighted by atomic mass is 16.4. The molecule has 120 valence electrons. The molecule has 1 aliphatic carbocycles. The second-order valence-corrected chi connectivity index (χ2v) is 6.36. The molecule has 2 fully saturated rings. The number of amides is 1. The van der Waals surface area contributed by atoms with Crippen LogP contribution in [0.3, 0.4) is 0 Å². The normalized spacial score (nSPS) is 25.0. The Balaban J connectivity index is 2.04. The summed E-state index contributed by atoms with van der Waals surface area (Å²) in [7, 11) is 0. The summed E-state index contributed by atoms with van der Waals surface area (Å²) in [5.74, 6) is 0.147. The summed E-state index contributed by atoms with van der Waals surface area (Å²) in [6.07, 6.45) is 4.46. The lowest BCUT2D eigenvalue weighted by Crippen LogP contribution is -2.57. The van der Waals surface area contributed by atoms with Crippen molar-refractivity contribution < 1.29 is 10.0 Å². The van der Waals surface area contributed by atoms with E-state index in [1.165, 1.54) is 0 Å². The monoisotopic (exact) mass is 296 g/mol. The Morgan fingerprint density at radius 1 is 1.29 bits per heavy atom. The van der Waals surface area contributed by atoms with E-state index >= 15 is 0 Å². The standard InChI is InChI=1S/C15H28N4O2/c1-3-12(2)18-8-10-19(11-9-18)14(20)15(13(16)17-21)6-4-5-7-15/h12,21H,3-11H2,1-2H3,(H2,16,17). The third-order valence-electron chi connectivity index (χ3n) is 5.28. The van der Waals surface area contributed by atoms with Crippen LogP contribution in [0, 0.1) is 5.41 Å². The number of piperazine rings is 1. The van der Waals surface area contributed by atoms with Crippen molar-refractivity contribution in [2.45, 2.75) is 52.0 Å². The van der Waals surface area contributed by atoms with Crippen LogP contribution in [-0.2, 0) is 4.79 Å². The first-order valence-corrected chi connectivity index (χ1v) is 8.06. The van der Waals surface area contributed by atoms with Crippen molar-refractivity contribution in [2.24, 2.45) is 16.3 Å². The summed E-state index contributed by atoms with van der Waals surface area (Å²) in [6.45, 7) is 7.72. The van der Waals surface area contributed by atoms with Gasteiger partial charge in [-0.05, 0) is 26.2 Å². The van der Waals surface area contributed by atoms with Gasteiger partial charge >= 0.3 is 0 Å². The highest BCUT2D eigenvalue weighted by molar-refractivity contribution is 6.07. The van der Waals surface area contributed by atoms with Crippen molar-refractivity contribution >= 4 is 11.7 Å². The molecule has 1 aliphatic heterocycles. The molecule has 0 aromatic rings. The molecular formula is C15H28N4O2. The predicted molar refractivity (Wildman–Crippen MR) is 82.2 cm³/mol. The molecule has 1 unspecified atom stereocenters. The van der Waals surface area contributed by atoms with E-state index in [2.05, 4.69) is 23.9 Å². The SMILES string of the molecule is CCC(C)N1CCN(C(=O)C2(C(N)=NO)CCCC2)CC1. The molecule has 1 saturated carbocycles. The van der Waals surface area contributed by atoms with Gasteiger partial charge in [0.1, 0.15) is 5.41 Å². The van der Waals surface area contributed by atoms with Crippen molar-refractivity contribution in [3.8, 4) is 0 Å². The van der Waals surface area contributed by atoms with E-state index in [1.807, 2.05) is 4.90 Å². The van der Waals surface area contributed by atoms with Crippen LogP contribution in [0.4, 0.5) is 0 Å². The first kappa shape index (κ1) is 16.1. The van der Waals surface area contributed by atoms with Gasteiger partial charge in [0.25, 0.3) is 0 Å². The molecule has 21 heavy (non-hydrogen) atoms. The number of hydrogen-bond acceptors (Lipinski definition) is 4. The molecule has 1 saturated heterocycles. The lowest BCUT2D eigenvalue weighted by Gasteiger charge is -2.41. The van der Waals surface area contributed by atoms with Crippen molar-refractivity contribution in [1.29, 1.82) is 0 Å². The molecule has 1 heterocycles. The number of nitrogens with two attached hydrogens (primary N) is 1. The van der Waals surface area contributed by atoms with Gasteiger partial charge in [-0.15, -0.1) is 0 Å². The summed E-state index contributed by atoms with van der Waals surface area (Å²) < 4.78 is 0. The van der Waals surface area contributed by atoms with Crippen LogP contribution in [0.15, 0.2) is 5.16 Å². The fourth-order valence-electron chi connectivity index (χ4n) is 3.58. The van der Waals surface area contributed by atoms with Gasteiger partial charge in [0.15, 0.2) is 5.84 Å². The molecule has 1 atom stereocenters. The maximum Gasteiger partial charge on any atom is 0.236 e. The molecule has 0 aromatic heterocycles. The second kappa shape index (κ2) is 6.64. The number of nitrogens with zero attached hydrogens (tertiary/aromatic N) is 3. The van der Waals surface area contributed by atoms with Crippen molar-refractivity contribution in [3.63, 3.8) is 0 Å². The minimum absolute atomic E-state index is 0.0547. The number of carbonyl (C=O) groups is 1. The minimum Gasteiger partial charge on any atom is -0.409 e. The maximum absolute atomic E-state index is 12.9. The van der Waals surface area contributed by atoms with E-state index in [1.54, 1.807) is 0 Å². The molecule has 1 amide bonds. The molecule has 0 radical (unpaired) electrons. The second-order valence-electron chi connectivity index (χ2n) is 6.36. The van der Waals surface area contributed by atoms with Gasteiger partial charge in [-0.3, -0.25) is 9.69 Å². The first-order chi connectivity index (χ1) is 10.0. The van der Waals surface area contributed by atoms with Gasteiger partial charge in [-0.25, -0.2) is 0 Å². The zero-order chi connectivity index (χ0) is 15.5. The quantitative estimate of drug-likeness (QED) is 0.354. The molecular weight excluding hydrogens is 268 g/mol. The molecule has 2 rings (SSSR count). The lowest BCUT2D eigenvalue weighted by atomic mass is 9.83. The van der Waals surface area contributed by atoms with Gasteiger partial charge < -0.3 is 15.8 Å². The van der Waals surface area contributed by atoms with Crippen molar-refractivity contribution in [2.75, 3.05) is 26.2 Å².